The summed E-state index contributed by atoms with van der Waals surface area (Å²) in [5.74, 6) is 5.98. The predicted octanol–water partition coefficient (Wildman–Crippen LogP) is 19.3. The molecule has 11 heterocycles. The number of piperidine rings is 2. The van der Waals surface area contributed by atoms with Crippen LogP contribution in [0.1, 0.15) is 175 Å². The van der Waals surface area contributed by atoms with Crippen LogP contribution in [0.25, 0.3) is 55.0 Å². The molecule has 7 aromatic carbocycles. The van der Waals surface area contributed by atoms with Gasteiger partial charge in [0.25, 0.3) is 0 Å². The molecule has 2 saturated carbocycles. The van der Waals surface area contributed by atoms with E-state index in [1.807, 2.05) is 116 Å². The second kappa shape index (κ2) is 44.5. The van der Waals surface area contributed by atoms with Gasteiger partial charge in [0.2, 0.25) is 11.7 Å². The summed E-state index contributed by atoms with van der Waals surface area (Å²) in [4.78, 5) is 73.9. The van der Waals surface area contributed by atoms with Gasteiger partial charge in [-0.2, -0.15) is 4.98 Å². The highest BCUT2D eigenvalue weighted by atomic mass is 35.5. The lowest BCUT2D eigenvalue weighted by molar-refractivity contribution is -0.0572. The average molecular weight is 1840 g/mol. The maximum Gasteiger partial charge on any atom is 0.230 e. The van der Waals surface area contributed by atoms with Crippen molar-refractivity contribution < 1.29 is 52.1 Å². The minimum absolute atomic E-state index is 0.0566. The second-order valence-electron chi connectivity index (χ2n) is 37.4. The van der Waals surface area contributed by atoms with Gasteiger partial charge in [0.05, 0.1) is 54.0 Å². The monoisotopic (exact) mass is 1830 g/mol. The largest absolute Gasteiger partial charge is 0.495 e. The summed E-state index contributed by atoms with van der Waals surface area (Å²) < 4.78 is 50.4. The number of ketones is 4. The minimum atomic E-state index is -0.879. The van der Waals surface area contributed by atoms with Crippen molar-refractivity contribution in [2.24, 2.45) is 11.8 Å². The normalized spacial score (nSPS) is 18.8. The Morgan fingerprint density at radius 1 is 0.455 bits per heavy atom. The molecule has 23 nitrogen and oxygen atoms in total. The standard InChI is InChI=1S/C29H37N3O2.C28H35N3O3.C27H31FN2O3.C25H26ClN5O2/c1-34-27-11-5-10-25-26(29(33)24-12-13-24)22-32(28(25)27)18-7-17-30-15-6-16-31(21-20-30)19-14-23-8-3-2-4-9-23;1-33-26-10-5-9-24-25(28(32)22-11-12-22)21-31(27(24)26)14-6-13-29-15-17-30(18-16-29)19-20-34-23-7-3-2-4-8-23;1-18(31)24-17-29(26-23(24)5-3-6-25(26)33-2)13-4-14-30-21-11-12-22(30)16-27(32,15-21)19-7-9-20(28)10-8-19;1-17(32)21-16-31(23-20(21)4-2-5-22(23)26)13-3-12-30-14-8-19(9-15-30)25-28-24(29-33-25)18-6-10-27-11-7-18/h2-5,8-11,22,24H,6-7,12-21H2,1H3;2-5,7-10,21-22H,6,11-20H2,1H3;3,5-10,17,21-22,32H,4,11-16H2,1-2H3;2,4-7,10-11,16,19H,3,8-9,12-15H2,1H3. The van der Waals surface area contributed by atoms with Gasteiger partial charge >= 0.3 is 0 Å². The van der Waals surface area contributed by atoms with E-state index < -0.39 is 5.60 Å². The van der Waals surface area contributed by atoms with Crippen LogP contribution in [0, 0.1) is 17.7 Å². The predicted molar refractivity (Wildman–Crippen MR) is 526 cm³/mol. The number of pyridine rings is 1. The van der Waals surface area contributed by atoms with E-state index in [-0.39, 0.29) is 29.2 Å². The van der Waals surface area contributed by atoms with Gasteiger partial charge in [0.1, 0.15) is 35.4 Å². The zero-order valence-corrected chi connectivity index (χ0v) is 79.1. The van der Waals surface area contributed by atoms with E-state index in [1.54, 1.807) is 59.7 Å². The molecule has 2 aliphatic carbocycles. The maximum atomic E-state index is 13.4. The van der Waals surface area contributed by atoms with Gasteiger partial charge < -0.3 is 66.4 Å². The molecule has 7 fully saturated rings. The Morgan fingerprint density at radius 2 is 0.888 bits per heavy atom. The zero-order valence-electron chi connectivity index (χ0n) is 78.4. The minimum Gasteiger partial charge on any atom is -0.495 e. The van der Waals surface area contributed by atoms with Crippen LogP contribution in [0.2, 0.25) is 5.02 Å². The number of hydrogen-bond acceptors (Lipinski definition) is 19. The van der Waals surface area contributed by atoms with Crippen molar-refractivity contribution in [2.45, 2.75) is 166 Å². The van der Waals surface area contributed by atoms with Crippen molar-refractivity contribution in [3.8, 4) is 34.4 Å². The lowest BCUT2D eigenvalue weighted by atomic mass is 9.80. The topological polar surface area (TPSA) is 216 Å². The van der Waals surface area contributed by atoms with Gasteiger partial charge in [-0.3, -0.25) is 34.0 Å². The Morgan fingerprint density at radius 3 is 1.38 bits per heavy atom. The number of aliphatic hydroxyl groups is 1. The Labute approximate surface area is 791 Å². The number of halogens is 2. The molecule has 134 heavy (non-hydrogen) atoms. The Hall–Kier alpha value is -11.2. The van der Waals surface area contributed by atoms with Gasteiger partial charge in [-0.05, 0) is 234 Å². The molecule has 5 aliphatic heterocycles. The van der Waals surface area contributed by atoms with Crippen LogP contribution < -0.4 is 18.9 Å². The summed E-state index contributed by atoms with van der Waals surface area (Å²) in [5, 5.41) is 20.1. The molecule has 0 spiro atoms. The third kappa shape index (κ3) is 23.0. The van der Waals surface area contributed by atoms with Crippen LogP contribution in [-0.2, 0) is 38.2 Å². The van der Waals surface area contributed by atoms with E-state index in [0.717, 1.165) is 314 Å². The highest BCUT2D eigenvalue weighted by Crippen LogP contribution is 2.47. The molecule has 2 bridgehead atoms. The Balaban J connectivity index is 0.000000124. The van der Waals surface area contributed by atoms with Crippen LogP contribution in [0.4, 0.5) is 4.39 Å². The summed E-state index contributed by atoms with van der Waals surface area (Å²) in [7, 11) is 5.08. The van der Waals surface area contributed by atoms with Crippen molar-refractivity contribution in [2.75, 3.05) is 133 Å². The number of piperazine rings is 1. The fourth-order valence-corrected chi connectivity index (χ4v) is 21.2. The molecule has 13 aromatic rings. The number of carbonyl (C=O) groups is 4. The molecule has 704 valence electrons. The van der Waals surface area contributed by atoms with E-state index >= 15 is 0 Å². The van der Waals surface area contributed by atoms with Crippen LogP contribution in [-0.4, -0.2) is 236 Å². The Bertz CT molecular complexity index is 6100. The van der Waals surface area contributed by atoms with Crippen LogP contribution in [0.15, 0.2) is 212 Å². The van der Waals surface area contributed by atoms with E-state index in [1.165, 1.54) is 37.2 Å². The number of carbonyl (C=O) groups excluding carboxylic acids is 4. The third-order valence-electron chi connectivity index (χ3n) is 28.5. The number of nitrogens with zero attached hydrogens (tertiary/aromatic N) is 13. The van der Waals surface area contributed by atoms with Crippen molar-refractivity contribution in [1.29, 1.82) is 0 Å². The van der Waals surface area contributed by atoms with Crippen molar-refractivity contribution in [3.05, 3.63) is 257 Å². The summed E-state index contributed by atoms with van der Waals surface area (Å²) in [6.07, 6.45) is 27.6. The highest BCUT2D eigenvalue weighted by molar-refractivity contribution is 6.35. The molecule has 0 amide bonds. The Kier molecular flexibility index (Phi) is 31.4. The number of para-hydroxylation sites is 5. The summed E-state index contributed by atoms with van der Waals surface area (Å²) in [6.45, 7) is 24.6. The van der Waals surface area contributed by atoms with Crippen LogP contribution in [0.5, 0.6) is 23.0 Å². The maximum absolute atomic E-state index is 13.4. The van der Waals surface area contributed by atoms with Crippen molar-refractivity contribution in [3.63, 3.8) is 0 Å². The number of aromatic nitrogens is 7. The average Bonchev–Trinajstić information content (AvgIpc) is 1.61. The highest BCUT2D eigenvalue weighted by Gasteiger charge is 2.48. The van der Waals surface area contributed by atoms with Gasteiger partial charge in [0.15, 0.2) is 23.1 Å². The summed E-state index contributed by atoms with van der Waals surface area (Å²) >= 11 is 6.46. The first-order chi connectivity index (χ1) is 65.4. The van der Waals surface area contributed by atoms with Crippen LogP contribution >= 0.6 is 11.6 Å². The number of fused-ring (bicyclic) bond motifs is 6. The number of likely N-dealkylation sites (tertiary alicyclic amines) is 1. The SMILES string of the molecule is CC(=O)c1cn(CCCN2CCC(c3nc(-c4ccncc4)no3)CC2)c2c(Cl)cccc12.COc1cccc2c(C(=O)C3CC3)cn(CCCN3CCCN(CCc4ccccc4)CC3)c12.COc1cccc2c(C(=O)C3CC3)cn(CCCN3CCN(CCOc4ccccc4)CC3)c12.COc1cccc2c(C(C)=O)cn(CCCN3C4CCC3CC(O)(c3ccc(F)cc3)C4)c12. The first kappa shape index (κ1) is 94.6. The lowest BCUT2D eigenvalue weighted by Gasteiger charge is -2.44. The van der Waals surface area contributed by atoms with Crippen LogP contribution in [0.3, 0.4) is 0 Å². The first-order valence-corrected chi connectivity index (χ1v) is 49.0. The third-order valence-corrected chi connectivity index (χ3v) is 28.8. The molecule has 6 aromatic heterocycles. The number of benzene rings is 7. The van der Waals surface area contributed by atoms with E-state index in [4.69, 9.17) is 35.1 Å². The van der Waals surface area contributed by atoms with E-state index in [9.17, 15) is 28.7 Å². The molecule has 0 radical (unpaired) electrons. The summed E-state index contributed by atoms with van der Waals surface area (Å²) in [6, 6.07) is 55.3. The number of aryl methyl sites for hydroxylation is 4. The van der Waals surface area contributed by atoms with Crippen molar-refractivity contribution >= 4 is 78.3 Å². The number of ether oxygens (including phenoxy) is 4. The number of methoxy groups -OCH3 is 3. The molecule has 25 heteroatoms. The molecule has 2 atom stereocenters. The number of hydrogen-bond donors (Lipinski definition) is 1. The molecule has 1 N–H and O–H groups in total. The van der Waals surface area contributed by atoms with Gasteiger partial charge in [0, 0.05) is 201 Å². The zero-order chi connectivity index (χ0) is 92.6. The molecular formula is C109H129ClFN13O10. The molecule has 2 unspecified atom stereocenters. The lowest BCUT2D eigenvalue weighted by Crippen LogP contribution is -2.49. The first-order valence-electron chi connectivity index (χ1n) is 48.6. The molecular weight excluding hydrogens is 1710 g/mol. The van der Waals surface area contributed by atoms with Gasteiger partial charge in [-0.15, -0.1) is 0 Å². The van der Waals surface area contributed by atoms with Crippen molar-refractivity contribution in [1.82, 2.24) is 62.8 Å². The molecule has 7 aliphatic rings. The fourth-order valence-electron chi connectivity index (χ4n) is 20.9. The van der Waals surface area contributed by atoms with E-state index in [0.29, 0.717) is 53.3 Å². The summed E-state index contributed by atoms with van der Waals surface area (Å²) in [5.41, 5.74) is 9.53. The number of rotatable bonds is 35. The fraction of sp³-hybridized carbons (Fsp3) is 0.440. The quantitative estimate of drug-likeness (QED) is 0.0365. The van der Waals surface area contributed by atoms with Gasteiger partial charge in [-0.25, -0.2) is 4.39 Å². The van der Waals surface area contributed by atoms with E-state index in [2.05, 4.69) is 118 Å². The number of Topliss-reactive ketones (excluding diaryl/α,β-unsaturated/α-hetero) is 4. The smallest absolute Gasteiger partial charge is 0.230 e. The molecule has 20 rings (SSSR count). The van der Waals surface area contributed by atoms with Gasteiger partial charge in [-0.1, -0.05) is 126 Å². The molecule has 5 saturated heterocycles. The second-order valence-corrected chi connectivity index (χ2v) is 37.9.